The highest BCUT2D eigenvalue weighted by atomic mass is 15.5. The first-order chi connectivity index (χ1) is 6.45. The molecule has 13 heavy (non-hydrogen) atoms. The average molecular weight is 171 g/mol. The third-order valence-corrected chi connectivity index (χ3v) is 1.62. The molecule has 3 heteroatoms. The molecular weight excluding hydrogens is 162 g/mol. The Morgan fingerprint density at radius 1 is 1.15 bits per heavy atom. The van der Waals surface area contributed by atoms with Crippen molar-refractivity contribution in [2.75, 3.05) is 0 Å². The standard InChI is InChI=1S/C10H9N3/c1-2-5-10(6-3-1)9-12-13-8-4-7-11-13/h1-9H/b12-9+. The lowest BCUT2D eigenvalue weighted by molar-refractivity contribution is 0.745. The summed E-state index contributed by atoms with van der Waals surface area (Å²) in [5.74, 6) is 0. The van der Waals surface area contributed by atoms with E-state index in [-0.39, 0.29) is 0 Å². The van der Waals surface area contributed by atoms with Crippen molar-refractivity contribution in [1.82, 2.24) is 9.89 Å². The SMILES string of the molecule is C(=N\n1cccn1)/c1ccccc1. The van der Waals surface area contributed by atoms with Crippen molar-refractivity contribution in [3.8, 4) is 0 Å². The Kier molecular flexibility index (Phi) is 2.18. The van der Waals surface area contributed by atoms with E-state index in [9.17, 15) is 0 Å². The fraction of sp³-hybridized carbons (Fsp3) is 0. The van der Waals surface area contributed by atoms with E-state index >= 15 is 0 Å². The Morgan fingerprint density at radius 3 is 2.69 bits per heavy atom. The van der Waals surface area contributed by atoms with E-state index in [4.69, 9.17) is 0 Å². The van der Waals surface area contributed by atoms with Crippen molar-refractivity contribution < 1.29 is 0 Å². The molecule has 0 bridgehead atoms. The number of hydrogen-bond acceptors (Lipinski definition) is 2. The number of rotatable bonds is 2. The predicted octanol–water partition coefficient (Wildman–Crippen LogP) is 1.77. The summed E-state index contributed by atoms with van der Waals surface area (Å²) in [6, 6.07) is 11.8. The summed E-state index contributed by atoms with van der Waals surface area (Å²) in [6.07, 6.45) is 5.26. The van der Waals surface area contributed by atoms with Crippen molar-refractivity contribution in [1.29, 1.82) is 0 Å². The molecule has 1 aromatic carbocycles. The molecule has 0 spiro atoms. The van der Waals surface area contributed by atoms with E-state index in [2.05, 4.69) is 10.2 Å². The maximum atomic E-state index is 4.12. The molecule has 64 valence electrons. The van der Waals surface area contributed by atoms with Crippen molar-refractivity contribution >= 4 is 6.21 Å². The van der Waals surface area contributed by atoms with Gasteiger partial charge in [0.15, 0.2) is 0 Å². The summed E-state index contributed by atoms with van der Waals surface area (Å²) < 4.78 is 0. The van der Waals surface area contributed by atoms with Crippen LogP contribution in [0.3, 0.4) is 0 Å². The van der Waals surface area contributed by atoms with Crippen LogP contribution in [-0.4, -0.2) is 16.1 Å². The fourth-order valence-corrected chi connectivity index (χ4v) is 0.994. The Bertz CT molecular complexity index is 376. The van der Waals surface area contributed by atoms with Gasteiger partial charge in [-0.2, -0.15) is 15.0 Å². The van der Waals surface area contributed by atoms with E-state index in [0.717, 1.165) is 5.56 Å². The van der Waals surface area contributed by atoms with Gasteiger partial charge in [0, 0.05) is 0 Å². The Balaban J connectivity index is 2.15. The van der Waals surface area contributed by atoms with E-state index in [1.807, 2.05) is 36.4 Å². The van der Waals surface area contributed by atoms with Crippen LogP contribution in [0.15, 0.2) is 53.9 Å². The lowest BCUT2D eigenvalue weighted by Gasteiger charge is -1.90. The Morgan fingerprint density at radius 2 is 2.00 bits per heavy atom. The van der Waals surface area contributed by atoms with Gasteiger partial charge in [0.2, 0.25) is 0 Å². The van der Waals surface area contributed by atoms with Gasteiger partial charge < -0.3 is 0 Å². The summed E-state index contributed by atoms with van der Waals surface area (Å²) in [4.78, 5) is 1.52. The van der Waals surface area contributed by atoms with Crippen LogP contribution < -0.4 is 0 Å². The van der Waals surface area contributed by atoms with Crippen molar-refractivity contribution in [3.63, 3.8) is 0 Å². The van der Waals surface area contributed by atoms with Gasteiger partial charge in [0.1, 0.15) is 0 Å². The topological polar surface area (TPSA) is 30.2 Å². The molecule has 2 aromatic rings. The molecular formula is C10H9N3. The van der Waals surface area contributed by atoms with E-state index in [0.29, 0.717) is 0 Å². The molecule has 0 unspecified atom stereocenters. The minimum atomic E-state index is 1.07. The zero-order valence-corrected chi connectivity index (χ0v) is 7.04. The summed E-state index contributed by atoms with van der Waals surface area (Å²) in [5.41, 5.74) is 1.07. The highest BCUT2D eigenvalue weighted by molar-refractivity contribution is 5.79. The van der Waals surface area contributed by atoms with E-state index in [1.165, 1.54) is 4.79 Å². The summed E-state index contributed by atoms with van der Waals surface area (Å²) in [7, 11) is 0. The van der Waals surface area contributed by atoms with Crippen LogP contribution in [0.2, 0.25) is 0 Å². The van der Waals surface area contributed by atoms with Crippen LogP contribution in [0.4, 0.5) is 0 Å². The number of benzene rings is 1. The van der Waals surface area contributed by atoms with Crippen LogP contribution in [0.5, 0.6) is 0 Å². The van der Waals surface area contributed by atoms with Crippen molar-refractivity contribution in [2.24, 2.45) is 5.10 Å². The first-order valence-electron chi connectivity index (χ1n) is 4.04. The monoisotopic (exact) mass is 171 g/mol. The molecule has 0 radical (unpaired) electrons. The van der Waals surface area contributed by atoms with E-state index in [1.54, 1.807) is 18.6 Å². The zero-order chi connectivity index (χ0) is 8.93. The van der Waals surface area contributed by atoms with Crippen LogP contribution in [0.25, 0.3) is 0 Å². The molecule has 0 saturated heterocycles. The van der Waals surface area contributed by atoms with Gasteiger partial charge >= 0.3 is 0 Å². The minimum absolute atomic E-state index is 1.07. The molecule has 1 aromatic heterocycles. The summed E-state index contributed by atoms with van der Waals surface area (Å²) >= 11 is 0. The quantitative estimate of drug-likeness (QED) is 0.633. The smallest absolute Gasteiger partial charge is 0.0568 e. The molecule has 1 heterocycles. The highest BCUT2D eigenvalue weighted by Gasteiger charge is 1.84. The molecule has 0 saturated carbocycles. The molecule has 0 fully saturated rings. The van der Waals surface area contributed by atoms with Crippen molar-refractivity contribution in [3.05, 3.63) is 54.4 Å². The van der Waals surface area contributed by atoms with Gasteiger partial charge in [0.25, 0.3) is 0 Å². The van der Waals surface area contributed by atoms with Gasteiger partial charge in [-0.15, -0.1) is 0 Å². The first kappa shape index (κ1) is 7.73. The maximum absolute atomic E-state index is 4.12. The van der Waals surface area contributed by atoms with Crippen LogP contribution in [-0.2, 0) is 0 Å². The average Bonchev–Trinajstić information content (AvgIpc) is 2.69. The molecule has 0 aliphatic rings. The van der Waals surface area contributed by atoms with Gasteiger partial charge in [-0.3, -0.25) is 0 Å². The highest BCUT2D eigenvalue weighted by Crippen LogP contribution is 1.94. The van der Waals surface area contributed by atoms with Crippen LogP contribution in [0.1, 0.15) is 5.56 Å². The second-order valence-electron chi connectivity index (χ2n) is 2.58. The number of hydrogen-bond donors (Lipinski definition) is 0. The Hall–Kier alpha value is -1.90. The predicted molar refractivity (Wildman–Crippen MR) is 51.7 cm³/mol. The third kappa shape index (κ3) is 2.02. The zero-order valence-electron chi connectivity index (χ0n) is 7.04. The Labute approximate surface area is 76.3 Å². The van der Waals surface area contributed by atoms with E-state index < -0.39 is 0 Å². The van der Waals surface area contributed by atoms with Gasteiger partial charge in [-0.25, -0.2) is 0 Å². The maximum Gasteiger partial charge on any atom is 0.0568 e. The number of aromatic nitrogens is 2. The van der Waals surface area contributed by atoms with Gasteiger partial charge in [0.05, 0.1) is 18.6 Å². The molecule has 0 amide bonds. The van der Waals surface area contributed by atoms with Gasteiger partial charge in [-0.1, -0.05) is 30.3 Å². The second kappa shape index (κ2) is 3.67. The fourth-order valence-electron chi connectivity index (χ4n) is 0.994. The lowest BCUT2D eigenvalue weighted by Crippen LogP contribution is -1.89. The molecule has 0 atom stereocenters. The first-order valence-corrected chi connectivity index (χ1v) is 4.04. The summed E-state index contributed by atoms with van der Waals surface area (Å²) in [6.45, 7) is 0. The van der Waals surface area contributed by atoms with Crippen molar-refractivity contribution in [2.45, 2.75) is 0 Å². The number of nitrogens with zero attached hydrogens (tertiary/aromatic N) is 3. The molecule has 0 aliphatic carbocycles. The molecule has 3 nitrogen and oxygen atoms in total. The summed E-state index contributed by atoms with van der Waals surface area (Å²) in [5, 5.41) is 8.07. The molecule has 0 N–H and O–H groups in total. The normalized spacial score (nSPS) is 10.8. The van der Waals surface area contributed by atoms with Crippen LogP contribution in [0, 0.1) is 0 Å². The largest absolute Gasteiger partial charge is 0.159 e. The molecule has 0 aliphatic heterocycles. The lowest BCUT2D eigenvalue weighted by atomic mass is 10.2. The van der Waals surface area contributed by atoms with Crippen LogP contribution >= 0.6 is 0 Å². The third-order valence-electron chi connectivity index (χ3n) is 1.62. The second-order valence-corrected chi connectivity index (χ2v) is 2.58. The minimum Gasteiger partial charge on any atom is -0.159 e. The van der Waals surface area contributed by atoms with Gasteiger partial charge in [-0.05, 0) is 11.6 Å². The molecule has 2 rings (SSSR count).